The summed E-state index contributed by atoms with van der Waals surface area (Å²) in [6.45, 7) is 10.8. The van der Waals surface area contributed by atoms with Gasteiger partial charge in [-0.3, -0.25) is 14.5 Å². The first-order valence-corrected chi connectivity index (χ1v) is 11.7. The number of anilines is 1. The van der Waals surface area contributed by atoms with E-state index >= 15 is 0 Å². The smallest absolute Gasteiger partial charge is 0.262 e. The molecule has 0 saturated carbocycles. The number of hydrogen-bond acceptors (Lipinski definition) is 4. The van der Waals surface area contributed by atoms with Gasteiger partial charge in [-0.05, 0) is 55.7 Å². The van der Waals surface area contributed by atoms with Gasteiger partial charge in [0.25, 0.3) is 5.91 Å². The number of hydrogen-bond donors (Lipinski definition) is 1. The normalized spacial score (nSPS) is 10.5. The van der Waals surface area contributed by atoms with Gasteiger partial charge in [-0.25, -0.2) is 4.39 Å². The lowest BCUT2D eigenvalue weighted by molar-refractivity contribution is -0.119. The van der Waals surface area contributed by atoms with Crippen LogP contribution in [0.15, 0.2) is 43.0 Å². The molecule has 0 aliphatic carbocycles. The molecule has 0 unspecified atom stereocenters. The molecule has 0 bridgehead atoms. The number of amides is 2. The SMILES string of the molecule is C=C(C)c1cc(C(=O)N(CC(=O)NC)c2ccc(F)cc2)c(OCCCC)cc1OCCCC. The fourth-order valence-electron chi connectivity index (χ4n) is 3.22. The van der Waals surface area contributed by atoms with Gasteiger partial charge in [-0.15, -0.1) is 0 Å². The zero-order chi connectivity index (χ0) is 25.1. The number of carbonyl (C=O) groups is 2. The van der Waals surface area contributed by atoms with Crippen LogP contribution in [0.3, 0.4) is 0 Å². The van der Waals surface area contributed by atoms with Crippen molar-refractivity contribution in [3.05, 3.63) is 59.9 Å². The maximum Gasteiger partial charge on any atom is 0.262 e. The summed E-state index contributed by atoms with van der Waals surface area (Å²) in [5, 5.41) is 2.53. The molecule has 0 heterocycles. The summed E-state index contributed by atoms with van der Waals surface area (Å²) in [5.41, 5.74) is 2.11. The number of likely N-dealkylation sites (N-methyl/N-ethyl adjacent to an activating group) is 1. The predicted molar refractivity (Wildman–Crippen MR) is 134 cm³/mol. The topological polar surface area (TPSA) is 67.9 Å². The maximum atomic E-state index is 13.8. The van der Waals surface area contributed by atoms with Crippen LogP contribution in [-0.4, -0.2) is 38.6 Å². The Morgan fingerprint density at radius 1 is 0.971 bits per heavy atom. The predicted octanol–water partition coefficient (Wildman–Crippen LogP) is 5.61. The summed E-state index contributed by atoms with van der Waals surface area (Å²) in [4.78, 5) is 27.3. The van der Waals surface area contributed by atoms with E-state index in [0.717, 1.165) is 31.3 Å². The van der Waals surface area contributed by atoms with Gasteiger partial charge >= 0.3 is 0 Å². The molecule has 0 saturated heterocycles. The quantitative estimate of drug-likeness (QED) is 0.387. The van der Waals surface area contributed by atoms with E-state index in [1.807, 2.05) is 6.92 Å². The third-order valence-corrected chi connectivity index (χ3v) is 5.25. The molecule has 0 aliphatic rings. The van der Waals surface area contributed by atoms with Crippen LogP contribution in [0.1, 0.15) is 62.4 Å². The number of allylic oxidation sites excluding steroid dienone is 1. The van der Waals surface area contributed by atoms with Crippen LogP contribution in [0, 0.1) is 5.82 Å². The zero-order valence-electron chi connectivity index (χ0n) is 20.6. The van der Waals surface area contributed by atoms with E-state index in [-0.39, 0.29) is 18.0 Å². The first-order valence-electron chi connectivity index (χ1n) is 11.7. The summed E-state index contributed by atoms with van der Waals surface area (Å²) in [6.07, 6.45) is 3.64. The van der Waals surface area contributed by atoms with Crippen molar-refractivity contribution in [1.82, 2.24) is 5.32 Å². The molecular formula is C27H35FN2O4. The minimum Gasteiger partial charge on any atom is -0.493 e. The second-order valence-corrected chi connectivity index (χ2v) is 8.07. The minimum atomic E-state index is -0.440. The third kappa shape index (κ3) is 7.33. The lowest BCUT2D eigenvalue weighted by atomic mass is 10.0. The van der Waals surface area contributed by atoms with Crippen LogP contribution in [0.4, 0.5) is 10.1 Å². The molecule has 6 nitrogen and oxygen atoms in total. The monoisotopic (exact) mass is 470 g/mol. The van der Waals surface area contributed by atoms with Gasteiger partial charge in [0.05, 0.1) is 18.8 Å². The molecule has 34 heavy (non-hydrogen) atoms. The highest BCUT2D eigenvalue weighted by Gasteiger charge is 2.26. The fraction of sp³-hybridized carbons (Fsp3) is 0.407. The highest BCUT2D eigenvalue weighted by Crippen LogP contribution is 2.35. The highest BCUT2D eigenvalue weighted by atomic mass is 19.1. The molecule has 2 aromatic carbocycles. The van der Waals surface area contributed by atoms with Crippen LogP contribution < -0.4 is 19.7 Å². The van der Waals surface area contributed by atoms with Crippen molar-refractivity contribution in [3.63, 3.8) is 0 Å². The molecule has 0 fully saturated rings. The summed E-state index contributed by atoms with van der Waals surface area (Å²) >= 11 is 0. The molecule has 2 aromatic rings. The van der Waals surface area contributed by atoms with Gasteiger partial charge in [0.2, 0.25) is 5.91 Å². The van der Waals surface area contributed by atoms with Gasteiger partial charge in [0, 0.05) is 24.4 Å². The number of carbonyl (C=O) groups excluding carboxylic acids is 2. The van der Waals surface area contributed by atoms with Crippen LogP contribution >= 0.6 is 0 Å². The summed E-state index contributed by atoms with van der Waals surface area (Å²) < 4.78 is 25.5. The minimum absolute atomic E-state index is 0.230. The second kappa shape index (κ2) is 13.4. The molecule has 0 atom stereocenters. The van der Waals surface area contributed by atoms with Crippen molar-refractivity contribution in [3.8, 4) is 11.5 Å². The van der Waals surface area contributed by atoms with Crippen LogP contribution in [-0.2, 0) is 4.79 Å². The number of halogens is 1. The Morgan fingerprint density at radius 3 is 2.03 bits per heavy atom. The van der Waals surface area contributed by atoms with Crippen molar-refractivity contribution in [2.24, 2.45) is 0 Å². The van der Waals surface area contributed by atoms with Gasteiger partial charge in [-0.2, -0.15) is 0 Å². The van der Waals surface area contributed by atoms with E-state index in [2.05, 4.69) is 25.7 Å². The Hall–Kier alpha value is -3.35. The lowest BCUT2D eigenvalue weighted by Crippen LogP contribution is -2.40. The van der Waals surface area contributed by atoms with E-state index in [1.54, 1.807) is 12.1 Å². The van der Waals surface area contributed by atoms with Gasteiger partial charge in [0.15, 0.2) is 0 Å². The number of unbranched alkanes of at least 4 members (excludes halogenated alkanes) is 2. The Labute approximate surface area is 201 Å². The van der Waals surface area contributed by atoms with Gasteiger partial charge in [-0.1, -0.05) is 33.3 Å². The van der Waals surface area contributed by atoms with E-state index in [4.69, 9.17) is 9.47 Å². The largest absolute Gasteiger partial charge is 0.493 e. The van der Waals surface area contributed by atoms with Crippen molar-refractivity contribution in [1.29, 1.82) is 0 Å². The molecule has 0 spiro atoms. The van der Waals surface area contributed by atoms with Crippen molar-refractivity contribution in [2.75, 3.05) is 31.7 Å². The molecule has 2 amide bonds. The highest BCUT2D eigenvalue weighted by molar-refractivity contribution is 6.10. The van der Waals surface area contributed by atoms with Crippen molar-refractivity contribution < 1.29 is 23.5 Å². The molecule has 2 rings (SSSR count). The van der Waals surface area contributed by atoms with Gasteiger partial charge in [0.1, 0.15) is 23.9 Å². The van der Waals surface area contributed by atoms with Crippen LogP contribution in [0.2, 0.25) is 0 Å². The standard InChI is InChI=1S/C27H35FN2O4/c1-6-8-14-33-24-17-25(34-15-9-7-2)23(16-22(24)19(3)4)27(32)30(18-26(31)29-5)21-12-10-20(28)11-13-21/h10-13,16-17H,3,6-9,14-15,18H2,1-2,4-5H3,(H,29,31). The second-order valence-electron chi connectivity index (χ2n) is 8.07. The molecule has 184 valence electrons. The first-order chi connectivity index (χ1) is 16.3. The Balaban J connectivity index is 2.58. The third-order valence-electron chi connectivity index (χ3n) is 5.25. The van der Waals surface area contributed by atoms with Gasteiger partial charge < -0.3 is 14.8 Å². The number of nitrogens with zero attached hydrogens (tertiary/aromatic N) is 1. The fourth-order valence-corrected chi connectivity index (χ4v) is 3.22. The number of ether oxygens (including phenoxy) is 2. The Morgan fingerprint density at radius 2 is 1.53 bits per heavy atom. The number of nitrogens with one attached hydrogen (secondary N) is 1. The lowest BCUT2D eigenvalue weighted by Gasteiger charge is -2.24. The summed E-state index contributed by atoms with van der Waals surface area (Å²) in [6, 6.07) is 8.87. The van der Waals surface area contributed by atoms with Crippen LogP contribution in [0.5, 0.6) is 11.5 Å². The van der Waals surface area contributed by atoms with Crippen molar-refractivity contribution in [2.45, 2.75) is 46.5 Å². The molecular weight excluding hydrogens is 435 g/mol. The molecule has 0 radical (unpaired) electrons. The van der Waals surface area contributed by atoms with E-state index in [0.29, 0.717) is 36.0 Å². The molecule has 1 N–H and O–H groups in total. The van der Waals surface area contributed by atoms with E-state index in [1.165, 1.54) is 36.2 Å². The first kappa shape index (κ1) is 26.9. The average Bonchev–Trinajstić information content (AvgIpc) is 2.82. The van der Waals surface area contributed by atoms with Crippen LogP contribution in [0.25, 0.3) is 5.57 Å². The molecule has 0 aliphatic heterocycles. The Kier molecular flexibility index (Phi) is 10.6. The van der Waals surface area contributed by atoms with E-state index in [9.17, 15) is 14.0 Å². The molecule has 7 heteroatoms. The summed E-state index contributed by atoms with van der Waals surface area (Å²) in [7, 11) is 1.50. The maximum absolute atomic E-state index is 13.8. The number of rotatable bonds is 13. The number of benzene rings is 2. The van der Waals surface area contributed by atoms with E-state index < -0.39 is 11.7 Å². The average molecular weight is 471 g/mol. The summed E-state index contributed by atoms with van der Waals surface area (Å²) in [5.74, 6) is -0.254. The Bertz CT molecular complexity index is 989. The molecule has 0 aromatic heterocycles. The zero-order valence-corrected chi connectivity index (χ0v) is 20.6. The van der Waals surface area contributed by atoms with Crippen molar-refractivity contribution >= 4 is 23.1 Å².